The Bertz CT molecular complexity index is 1090. The lowest BCUT2D eigenvalue weighted by Crippen LogP contribution is -2.52. The van der Waals surface area contributed by atoms with E-state index < -0.39 is 40.9 Å². The molecule has 0 aliphatic carbocycles. The molecule has 0 aliphatic heterocycles. The Morgan fingerprint density at radius 1 is 1.16 bits per heavy atom. The summed E-state index contributed by atoms with van der Waals surface area (Å²) in [5.41, 5.74) is -3.34. The molecular formula is C21H19F5N4O2. The molecule has 0 fully saturated rings. The van der Waals surface area contributed by atoms with Crippen molar-refractivity contribution in [3.8, 4) is 0 Å². The highest BCUT2D eigenvalue weighted by atomic mass is 19.4. The second-order valence-corrected chi connectivity index (χ2v) is 7.31. The minimum Gasteiger partial charge on any atom is -0.381 e. The van der Waals surface area contributed by atoms with Gasteiger partial charge in [0.25, 0.3) is 5.91 Å². The van der Waals surface area contributed by atoms with Crippen molar-refractivity contribution in [2.45, 2.75) is 31.3 Å². The summed E-state index contributed by atoms with van der Waals surface area (Å²) < 4.78 is 67.7. The number of hydrogen-bond acceptors (Lipinski definition) is 4. The van der Waals surface area contributed by atoms with Gasteiger partial charge in [0.1, 0.15) is 29.9 Å². The first-order valence-electron chi connectivity index (χ1n) is 9.38. The van der Waals surface area contributed by atoms with Crippen molar-refractivity contribution in [1.82, 2.24) is 19.7 Å². The standard InChI is InChI=1S/C21H19F5N4O2/c1-13(29(2)19(31)14-3-5-15(6-4-14)21(24,25)26)20(32,10-30-12-27-11-28-30)17-8-7-16(22)9-18(17)23/h3-9,11-13,32H,10H2,1-2H3/t13-,20-/m1/s1. The van der Waals surface area contributed by atoms with Crippen molar-refractivity contribution in [3.63, 3.8) is 0 Å². The van der Waals surface area contributed by atoms with E-state index in [1.54, 1.807) is 0 Å². The van der Waals surface area contributed by atoms with Crippen molar-refractivity contribution < 1.29 is 31.9 Å². The largest absolute Gasteiger partial charge is 0.416 e. The highest BCUT2D eigenvalue weighted by molar-refractivity contribution is 5.94. The molecule has 1 N–H and O–H groups in total. The van der Waals surface area contributed by atoms with E-state index in [1.165, 1.54) is 31.3 Å². The van der Waals surface area contributed by atoms with Gasteiger partial charge >= 0.3 is 6.18 Å². The number of aliphatic hydroxyl groups is 1. The number of rotatable bonds is 6. The third-order valence-corrected chi connectivity index (χ3v) is 5.32. The number of likely N-dealkylation sites (N-methyl/N-ethyl adjacent to an activating group) is 1. The summed E-state index contributed by atoms with van der Waals surface area (Å²) in [7, 11) is 1.32. The zero-order valence-electron chi connectivity index (χ0n) is 17.0. The summed E-state index contributed by atoms with van der Waals surface area (Å²) in [6.07, 6.45) is -2.08. The maximum absolute atomic E-state index is 14.6. The number of nitrogens with zero attached hydrogens (tertiary/aromatic N) is 4. The average Bonchev–Trinajstić information content (AvgIpc) is 3.24. The first-order chi connectivity index (χ1) is 14.9. The van der Waals surface area contributed by atoms with Gasteiger partial charge in [0.15, 0.2) is 0 Å². The van der Waals surface area contributed by atoms with E-state index in [4.69, 9.17) is 0 Å². The monoisotopic (exact) mass is 454 g/mol. The number of carbonyl (C=O) groups excluding carboxylic acids is 1. The van der Waals surface area contributed by atoms with Gasteiger partial charge in [0.05, 0.1) is 18.2 Å². The van der Waals surface area contributed by atoms with E-state index in [0.717, 1.165) is 41.3 Å². The van der Waals surface area contributed by atoms with E-state index >= 15 is 0 Å². The van der Waals surface area contributed by atoms with Crippen molar-refractivity contribution in [1.29, 1.82) is 0 Å². The molecule has 1 aromatic heterocycles. The minimum atomic E-state index is -4.56. The van der Waals surface area contributed by atoms with Crippen molar-refractivity contribution in [2.24, 2.45) is 0 Å². The van der Waals surface area contributed by atoms with Gasteiger partial charge in [-0.15, -0.1) is 0 Å². The lowest BCUT2D eigenvalue weighted by Gasteiger charge is -2.39. The molecule has 0 spiro atoms. The summed E-state index contributed by atoms with van der Waals surface area (Å²) in [5.74, 6) is -2.59. The lowest BCUT2D eigenvalue weighted by molar-refractivity contribution is -0.137. The van der Waals surface area contributed by atoms with E-state index in [0.29, 0.717) is 6.07 Å². The fraction of sp³-hybridized carbons (Fsp3) is 0.286. The predicted molar refractivity (Wildman–Crippen MR) is 103 cm³/mol. The van der Waals surface area contributed by atoms with Crippen molar-refractivity contribution in [3.05, 3.63) is 83.4 Å². The van der Waals surface area contributed by atoms with Gasteiger partial charge in [-0.2, -0.15) is 18.3 Å². The maximum Gasteiger partial charge on any atom is 0.416 e. The fourth-order valence-electron chi connectivity index (χ4n) is 3.35. The van der Waals surface area contributed by atoms with Crippen LogP contribution in [0.5, 0.6) is 0 Å². The summed E-state index contributed by atoms with van der Waals surface area (Å²) in [4.78, 5) is 17.7. The van der Waals surface area contributed by atoms with E-state index in [-0.39, 0.29) is 17.7 Å². The molecule has 1 amide bonds. The quantitative estimate of drug-likeness (QED) is 0.578. The Hall–Kier alpha value is -3.34. The van der Waals surface area contributed by atoms with Crippen molar-refractivity contribution >= 4 is 5.91 Å². The molecule has 3 rings (SSSR count). The minimum absolute atomic E-state index is 0.0602. The highest BCUT2D eigenvalue weighted by Crippen LogP contribution is 2.33. The molecule has 2 aromatic carbocycles. The molecular weight excluding hydrogens is 435 g/mol. The summed E-state index contributed by atoms with van der Waals surface area (Å²) >= 11 is 0. The first kappa shape index (κ1) is 23.3. The molecule has 0 saturated carbocycles. The van der Waals surface area contributed by atoms with E-state index in [2.05, 4.69) is 10.1 Å². The molecule has 0 radical (unpaired) electrons. The molecule has 6 nitrogen and oxygen atoms in total. The van der Waals surface area contributed by atoms with Crippen LogP contribution >= 0.6 is 0 Å². The summed E-state index contributed by atoms with van der Waals surface area (Å²) in [6.45, 7) is 1.10. The van der Waals surface area contributed by atoms with Crippen LogP contribution in [-0.4, -0.2) is 43.8 Å². The number of benzene rings is 2. The van der Waals surface area contributed by atoms with Gasteiger partial charge in [0, 0.05) is 24.2 Å². The molecule has 32 heavy (non-hydrogen) atoms. The molecule has 0 bridgehead atoms. The highest BCUT2D eigenvalue weighted by Gasteiger charge is 2.42. The van der Waals surface area contributed by atoms with E-state index in [9.17, 15) is 31.9 Å². The Kier molecular flexibility index (Phi) is 6.31. The Balaban J connectivity index is 1.96. The molecule has 3 aromatic rings. The van der Waals surface area contributed by atoms with Crippen LogP contribution in [0.15, 0.2) is 55.1 Å². The topological polar surface area (TPSA) is 71.2 Å². The third kappa shape index (κ3) is 4.62. The molecule has 0 saturated heterocycles. The Labute approximate surface area is 179 Å². The van der Waals surface area contributed by atoms with Gasteiger partial charge in [-0.25, -0.2) is 18.4 Å². The first-order valence-corrected chi connectivity index (χ1v) is 9.38. The van der Waals surface area contributed by atoms with Crippen LogP contribution in [0, 0.1) is 11.6 Å². The molecule has 0 unspecified atom stereocenters. The number of carbonyl (C=O) groups is 1. The summed E-state index contributed by atoms with van der Waals surface area (Å²) in [5, 5.41) is 15.4. The number of hydrogen-bond donors (Lipinski definition) is 1. The zero-order valence-corrected chi connectivity index (χ0v) is 17.0. The number of aromatic nitrogens is 3. The molecule has 170 valence electrons. The van der Waals surface area contributed by atoms with Gasteiger partial charge in [-0.05, 0) is 37.3 Å². The second kappa shape index (κ2) is 8.65. The smallest absolute Gasteiger partial charge is 0.381 e. The van der Waals surface area contributed by atoms with Gasteiger partial charge in [0.2, 0.25) is 0 Å². The molecule has 0 aliphatic rings. The molecule has 2 atom stereocenters. The van der Waals surface area contributed by atoms with E-state index in [1.807, 2.05) is 0 Å². The SMILES string of the molecule is C[C@@H](N(C)C(=O)c1ccc(C(F)(F)F)cc1)[C@](O)(Cn1cncn1)c1ccc(F)cc1F. The predicted octanol–water partition coefficient (Wildman–Crippen LogP) is 3.62. The van der Waals surface area contributed by atoms with Crippen LogP contribution in [0.3, 0.4) is 0 Å². The third-order valence-electron chi connectivity index (χ3n) is 5.32. The van der Waals surface area contributed by atoms with Gasteiger partial charge < -0.3 is 10.0 Å². The van der Waals surface area contributed by atoms with Crippen molar-refractivity contribution in [2.75, 3.05) is 7.05 Å². The molecule has 1 heterocycles. The van der Waals surface area contributed by atoms with Crippen LogP contribution in [0.25, 0.3) is 0 Å². The number of alkyl halides is 3. The normalized spacial score (nSPS) is 14.6. The van der Waals surface area contributed by atoms with Crippen LogP contribution in [0.2, 0.25) is 0 Å². The van der Waals surface area contributed by atoms with Crippen LogP contribution < -0.4 is 0 Å². The lowest BCUT2D eigenvalue weighted by atomic mass is 9.85. The van der Waals surface area contributed by atoms with Gasteiger partial charge in [-0.1, -0.05) is 6.07 Å². The average molecular weight is 454 g/mol. The Morgan fingerprint density at radius 3 is 2.34 bits per heavy atom. The molecule has 11 heteroatoms. The van der Waals surface area contributed by atoms with Gasteiger partial charge in [-0.3, -0.25) is 4.79 Å². The number of halogens is 5. The Morgan fingerprint density at radius 2 is 1.81 bits per heavy atom. The zero-order chi connectivity index (χ0) is 23.7. The summed E-state index contributed by atoms with van der Waals surface area (Å²) in [6, 6.07) is 5.10. The van der Waals surface area contributed by atoms with Crippen LogP contribution in [0.4, 0.5) is 22.0 Å². The maximum atomic E-state index is 14.6. The van der Waals surface area contributed by atoms with Crippen LogP contribution in [0.1, 0.15) is 28.4 Å². The fourth-order valence-corrected chi connectivity index (χ4v) is 3.35. The number of amides is 1. The van der Waals surface area contributed by atoms with Crippen LogP contribution in [-0.2, 0) is 18.3 Å². The second-order valence-electron chi connectivity index (χ2n) is 7.31.